The Morgan fingerprint density at radius 1 is 1.08 bits per heavy atom. The number of fused-ring (bicyclic) bond motifs is 1. The normalized spacial score (nSPS) is 18.9. The van der Waals surface area contributed by atoms with E-state index in [1.165, 1.54) is 8.61 Å². The zero-order valence-electron chi connectivity index (χ0n) is 15.3. The van der Waals surface area contributed by atoms with Crippen LogP contribution in [0.5, 0.6) is 0 Å². The van der Waals surface area contributed by atoms with Crippen LogP contribution in [-0.4, -0.2) is 27.1 Å². The highest BCUT2D eigenvalue weighted by Crippen LogP contribution is 2.44. The van der Waals surface area contributed by atoms with E-state index in [-0.39, 0.29) is 0 Å². The van der Waals surface area contributed by atoms with Gasteiger partial charge in [-0.05, 0) is 67.5 Å². The van der Waals surface area contributed by atoms with Crippen LogP contribution in [0.4, 0.5) is 11.4 Å². The first-order valence-electron chi connectivity index (χ1n) is 8.92. The summed E-state index contributed by atoms with van der Waals surface area (Å²) in [4.78, 5) is 0. The molecule has 6 heteroatoms. The molecular weight excluding hydrogens is 348 g/mol. The van der Waals surface area contributed by atoms with Crippen LogP contribution < -0.4 is 8.61 Å². The number of hydrogen-bond donors (Lipinski definition) is 1. The van der Waals surface area contributed by atoms with Gasteiger partial charge in [-0.25, -0.2) is 0 Å². The van der Waals surface area contributed by atoms with Crippen molar-refractivity contribution in [1.29, 1.82) is 0 Å². The van der Waals surface area contributed by atoms with Crippen LogP contribution in [0.2, 0.25) is 0 Å². The molecule has 26 heavy (non-hydrogen) atoms. The molecule has 1 aliphatic carbocycles. The van der Waals surface area contributed by atoms with Crippen LogP contribution in [0.3, 0.4) is 0 Å². The number of hydrogen-bond acceptors (Lipinski definition) is 3. The van der Waals surface area contributed by atoms with Gasteiger partial charge in [0.15, 0.2) is 0 Å². The second-order valence-electron chi connectivity index (χ2n) is 7.79. The van der Waals surface area contributed by atoms with Gasteiger partial charge in [0.2, 0.25) is 0 Å². The standard InChI is InChI=1S/C20H24N2O3S/c1-20(2,23)17-6-4-5-15(11-17)16-9-10-18-19(12-16)21(3)26(24,25)22(18)13-14-7-8-14/h4-6,9-12,14,23H,7-8,13H2,1-3H3. The van der Waals surface area contributed by atoms with Crippen LogP contribution in [0.15, 0.2) is 42.5 Å². The molecule has 0 atom stereocenters. The van der Waals surface area contributed by atoms with Crippen LogP contribution in [-0.2, 0) is 15.8 Å². The van der Waals surface area contributed by atoms with Crippen LogP contribution in [0.1, 0.15) is 32.3 Å². The summed E-state index contributed by atoms with van der Waals surface area (Å²) >= 11 is 0. The van der Waals surface area contributed by atoms with Crippen molar-refractivity contribution in [3.8, 4) is 11.1 Å². The van der Waals surface area contributed by atoms with Crippen molar-refractivity contribution >= 4 is 21.6 Å². The maximum atomic E-state index is 12.8. The molecule has 0 spiro atoms. The fraction of sp³-hybridized carbons (Fsp3) is 0.400. The summed E-state index contributed by atoms with van der Waals surface area (Å²) in [6.45, 7) is 4.07. The highest BCUT2D eigenvalue weighted by Gasteiger charge is 2.40. The fourth-order valence-electron chi connectivity index (χ4n) is 3.37. The summed E-state index contributed by atoms with van der Waals surface area (Å²) in [6.07, 6.45) is 2.21. The van der Waals surface area contributed by atoms with Crippen molar-refractivity contribution in [3.05, 3.63) is 48.0 Å². The van der Waals surface area contributed by atoms with Crippen molar-refractivity contribution in [2.75, 3.05) is 22.2 Å². The van der Waals surface area contributed by atoms with E-state index in [2.05, 4.69) is 0 Å². The highest BCUT2D eigenvalue weighted by atomic mass is 32.2. The van der Waals surface area contributed by atoms with E-state index < -0.39 is 15.8 Å². The molecule has 0 bridgehead atoms. The molecule has 1 fully saturated rings. The van der Waals surface area contributed by atoms with Gasteiger partial charge >= 0.3 is 10.2 Å². The molecule has 138 valence electrons. The van der Waals surface area contributed by atoms with Gasteiger partial charge < -0.3 is 5.11 Å². The van der Waals surface area contributed by atoms with Crippen molar-refractivity contribution in [2.24, 2.45) is 5.92 Å². The molecule has 2 aliphatic rings. The van der Waals surface area contributed by atoms with Gasteiger partial charge in [-0.15, -0.1) is 0 Å². The molecule has 0 saturated heterocycles. The fourth-order valence-corrected chi connectivity index (χ4v) is 4.86. The zero-order valence-corrected chi connectivity index (χ0v) is 16.1. The summed E-state index contributed by atoms with van der Waals surface area (Å²) in [5, 5.41) is 10.3. The average Bonchev–Trinajstić information content (AvgIpc) is 3.39. The summed E-state index contributed by atoms with van der Waals surface area (Å²) < 4.78 is 28.4. The Labute approximate surface area is 155 Å². The monoisotopic (exact) mass is 372 g/mol. The van der Waals surface area contributed by atoms with Crippen molar-refractivity contribution in [1.82, 2.24) is 0 Å². The summed E-state index contributed by atoms with van der Waals surface area (Å²) in [7, 11) is -1.87. The number of benzene rings is 2. The molecule has 0 radical (unpaired) electrons. The molecule has 0 aromatic heterocycles. The Kier molecular flexibility index (Phi) is 3.82. The summed E-state index contributed by atoms with van der Waals surface area (Å²) in [6, 6.07) is 13.5. The quantitative estimate of drug-likeness (QED) is 0.894. The van der Waals surface area contributed by atoms with E-state index >= 15 is 0 Å². The van der Waals surface area contributed by atoms with Crippen LogP contribution in [0, 0.1) is 5.92 Å². The van der Waals surface area contributed by atoms with Gasteiger partial charge in [-0.3, -0.25) is 8.61 Å². The Balaban J connectivity index is 1.76. The first kappa shape index (κ1) is 17.4. The molecule has 0 amide bonds. The molecule has 1 saturated carbocycles. The van der Waals surface area contributed by atoms with E-state index in [1.54, 1.807) is 20.9 Å². The first-order valence-corrected chi connectivity index (χ1v) is 10.3. The van der Waals surface area contributed by atoms with E-state index in [0.29, 0.717) is 18.2 Å². The molecule has 2 aromatic carbocycles. The Morgan fingerprint density at radius 3 is 2.42 bits per heavy atom. The van der Waals surface area contributed by atoms with Gasteiger partial charge in [0.1, 0.15) is 0 Å². The van der Waals surface area contributed by atoms with Gasteiger partial charge in [0, 0.05) is 13.6 Å². The number of nitrogens with zero attached hydrogens (tertiary/aromatic N) is 2. The molecule has 4 rings (SSSR count). The lowest BCUT2D eigenvalue weighted by Gasteiger charge is -2.19. The van der Waals surface area contributed by atoms with Gasteiger partial charge in [-0.1, -0.05) is 24.3 Å². The largest absolute Gasteiger partial charge is 0.386 e. The highest BCUT2D eigenvalue weighted by molar-refractivity contribution is 7.94. The Bertz CT molecular complexity index is 959. The maximum Gasteiger partial charge on any atom is 0.326 e. The predicted molar refractivity (Wildman–Crippen MR) is 105 cm³/mol. The zero-order chi connectivity index (χ0) is 18.7. The Hall–Kier alpha value is -2.05. The number of anilines is 2. The second kappa shape index (κ2) is 5.72. The van der Waals surface area contributed by atoms with Gasteiger partial charge in [-0.2, -0.15) is 8.42 Å². The predicted octanol–water partition coefficient (Wildman–Crippen LogP) is 3.49. The number of aliphatic hydroxyl groups is 1. The third-order valence-corrected chi connectivity index (χ3v) is 7.02. The number of rotatable bonds is 4. The minimum Gasteiger partial charge on any atom is -0.386 e. The van der Waals surface area contributed by atoms with E-state index in [1.807, 2.05) is 42.5 Å². The SMILES string of the molecule is CN1c2cc(-c3cccc(C(C)(C)O)c3)ccc2N(CC2CC2)S1(=O)=O. The lowest BCUT2D eigenvalue weighted by Crippen LogP contribution is -2.36. The molecular formula is C20H24N2O3S. The van der Waals surface area contributed by atoms with Crippen LogP contribution in [0.25, 0.3) is 11.1 Å². The minimum absolute atomic E-state index is 0.479. The third kappa shape index (κ3) is 2.87. The lowest BCUT2D eigenvalue weighted by molar-refractivity contribution is 0.0786. The molecule has 0 unspecified atom stereocenters. The topological polar surface area (TPSA) is 60.9 Å². The maximum absolute atomic E-state index is 12.8. The van der Waals surface area contributed by atoms with Crippen molar-refractivity contribution in [3.63, 3.8) is 0 Å². The van der Waals surface area contributed by atoms with Crippen LogP contribution >= 0.6 is 0 Å². The van der Waals surface area contributed by atoms with Gasteiger partial charge in [0.05, 0.1) is 17.0 Å². The summed E-state index contributed by atoms with van der Waals surface area (Å²) in [5.41, 5.74) is 3.25. The summed E-state index contributed by atoms with van der Waals surface area (Å²) in [5.74, 6) is 0.479. The first-order chi connectivity index (χ1) is 12.2. The molecule has 1 aliphatic heterocycles. The lowest BCUT2D eigenvalue weighted by atomic mass is 9.94. The van der Waals surface area contributed by atoms with Crippen molar-refractivity contribution in [2.45, 2.75) is 32.3 Å². The van der Waals surface area contributed by atoms with E-state index in [9.17, 15) is 13.5 Å². The molecule has 2 aromatic rings. The molecule has 1 heterocycles. The molecule has 1 N–H and O–H groups in total. The minimum atomic E-state index is -3.48. The smallest absolute Gasteiger partial charge is 0.326 e. The van der Waals surface area contributed by atoms with E-state index in [4.69, 9.17) is 0 Å². The average molecular weight is 372 g/mol. The van der Waals surface area contributed by atoms with E-state index in [0.717, 1.165) is 35.2 Å². The third-order valence-electron chi connectivity index (χ3n) is 5.23. The Morgan fingerprint density at radius 2 is 1.77 bits per heavy atom. The van der Waals surface area contributed by atoms with Gasteiger partial charge in [0.25, 0.3) is 0 Å². The molecule has 5 nitrogen and oxygen atoms in total. The second-order valence-corrected chi connectivity index (χ2v) is 9.68. The van der Waals surface area contributed by atoms with Crippen molar-refractivity contribution < 1.29 is 13.5 Å².